The fraction of sp³-hybridized carbons (Fsp3) is 0.833. The number of rotatable bonds is 34. The number of hydrogen-bond acceptors (Lipinski definition) is 10. The maximum absolute atomic E-state index is 12.8. The number of unbranched alkanes of at least 4 members (excludes halogenated alkanes) is 12. The summed E-state index contributed by atoms with van der Waals surface area (Å²) in [5.41, 5.74) is 0. The highest BCUT2D eigenvalue weighted by Gasteiger charge is 2.39. The summed E-state index contributed by atoms with van der Waals surface area (Å²) in [4.78, 5) is 48.0. The second-order valence-corrected chi connectivity index (χ2v) is 17.6. The van der Waals surface area contributed by atoms with Gasteiger partial charge in [-0.05, 0) is 44.9 Å². The second kappa shape index (κ2) is 30.2. The Bertz CT molecular complexity index is 1150. The summed E-state index contributed by atoms with van der Waals surface area (Å²) in [5.74, 6) is -1.51. The van der Waals surface area contributed by atoms with E-state index >= 15 is 0 Å². The number of quaternary nitrogens is 1. The highest BCUT2D eigenvalue weighted by Crippen LogP contribution is 2.43. The van der Waals surface area contributed by atoms with E-state index in [4.69, 9.17) is 18.5 Å². The number of Topliss-reactive ketones (excluding diaryl/α,β-unsaturated/α-hetero) is 1. The van der Waals surface area contributed by atoms with Crippen molar-refractivity contribution >= 4 is 25.5 Å². The SMILES string of the molecule is CCCC/C=C\CCCCCCCC(=O)OC[C@H](COP(=O)(O)OCC[N+](C)(C)C)OC(=O)CCCCCC[C@H]1C(=O)C[C@@H](O)[C@@H]1/C=C/[C@@H](O)CCCCC. The van der Waals surface area contributed by atoms with Crippen molar-refractivity contribution in [2.45, 2.75) is 167 Å². The number of aliphatic hydroxyl groups excluding tert-OH is 2. The Morgan fingerprint density at radius 1 is 0.836 bits per heavy atom. The van der Waals surface area contributed by atoms with E-state index in [1.165, 1.54) is 12.8 Å². The van der Waals surface area contributed by atoms with Gasteiger partial charge in [0.25, 0.3) is 0 Å². The van der Waals surface area contributed by atoms with Gasteiger partial charge >= 0.3 is 19.8 Å². The van der Waals surface area contributed by atoms with Crippen molar-refractivity contribution in [3.05, 3.63) is 24.3 Å². The zero-order valence-electron chi connectivity index (χ0n) is 34.9. The molecule has 0 bridgehead atoms. The van der Waals surface area contributed by atoms with Crippen LogP contribution in [0.1, 0.15) is 149 Å². The first-order chi connectivity index (χ1) is 26.2. The lowest BCUT2D eigenvalue weighted by Crippen LogP contribution is -2.37. The molecule has 1 aliphatic rings. The molecule has 1 aliphatic carbocycles. The van der Waals surface area contributed by atoms with Crippen molar-refractivity contribution in [2.24, 2.45) is 11.8 Å². The summed E-state index contributed by atoms with van der Waals surface area (Å²) in [5, 5.41) is 20.7. The number of ether oxygens (including phenoxy) is 2. The van der Waals surface area contributed by atoms with Gasteiger partial charge in [-0.3, -0.25) is 23.4 Å². The summed E-state index contributed by atoms with van der Waals surface area (Å²) in [6.45, 7) is 3.98. The van der Waals surface area contributed by atoms with E-state index in [2.05, 4.69) is 26.0 Å². The molecule has 1 saturated carbocycles. The molecule has 0 amide bonds. The number of phosphoric acid groups is 1. The van der Waals surface area contributed by atoms with Gasteiger partial charge in [-0.15, -0.1) is 0 Å². The first kappa shape index (κ1) is 51.1. The first-order valence-electron chi connectivity index (χ1n) is 21.2. The Hall–Kier alpha value is -1.92. The predicted octanol–water partition coefficient (Wildman–Crippen LogP) is 8.16. The summed E-state index contributed by atoms with van der Waals surface area (Å²) < 4.78 is 34.2. The largest absolute Gasteiger partial charge is 0.472 e. The van der Waals surface area contributed by atoms with Gasteiger partial charge in [-0.25, -0.2) is 4.57 Å². The average Bonchev–Trinajstić information content (AvgIpc) is 3.39. The summed E-state index contributed by atoms with van der Waals surface area (Å²) >= 11 is 0. The lowest BCUT2D eigenvalue weighted by atomic mass is 9.88. The number of allylic oxidation sites excluding steroid dienone is 2. The molecule has 0 aromatic carbocycles. The van der Waals surface area contributed by atoms with Crippen molar-refractivity contribution < 1.29 is 57.1 Å². The molecule has 1 fully saturated rings. The Labute approximate surface area is 332 Å². The minimum Gasteiger partial charge on any atom is -0.462 e. The molecule has 320 valence electrons. The van der Waals surface area contributed by atoms with E-state index in [9.17, 15) is 34.1 Å². The second-order valence-electron chi connectivity index (χ2n) is 16.1. The number of phosphoric ester groups is 1. The molecular formula is C42H77NO11P+. The number of esters is 2. The maximum atomic E-state index is 12.8. The van der Waals surface area contributed by atoms with E-state index in [1.807, 2.05) is 27.2 Å². The molecule has 0 spiro atoms. The number of carbonyl (C=O) groups is 3. The van der Waals surface area contributed by atoms with E-state index in [0.29, 0.717) is 43.1 Å². The number of ketones is 1. The molecule has 6 atom stereocenters. The Kier molecular flexibility index (Phi) is 28.1. The molecule has 0 aliphatic heterocycles. The zero-order valence-corrected chi connectivity index (χ0v) is 35.8. The number of aliphatic hydroxyl groups is 2. The third-order valence-corrected chi connectivity index (χ3v) is 10.8. The van der Waals surface area contributed by atoms with Crippen LogP contribution < -0.4 is 0 Å². The molecule has 0 saturated heterocycles. The Morgan fingerprint density at radius 2 is 1.45 bits per heavy atom. The first-order valence-corrected chi connectivity index (χ1v) is 22.7. The topological polar surface area (TPSA) is 166 Å². The zero-order chi connectivity index (χ0) is 41.0. The van der Waals surface area contributed by atoms with Gasteiger partial charge in [0, 0.05) is 31.1 Å². The maximum Gasteiger partial charge on any atom is 0.472 e. The highest BCUT2D eigenvalue weighted by atomic mass is 31.2. The molecule has 3 N–H and O–H groups in total. The summed E-state index contributed by atoms with van der Waals surface area (Å²) in [6.07, 6.45) is 22.7. The minimum absolute atomic E-state index is 0.0124. The average molecular weight is 803 g/mol. The van der Waals surface area contributed by atoms with Crippen LogP contribution in [0.15, 0.2) is 24.3 Å². The fourth-order valence-electron chi connectivity index (χ4n) is 6.42. The van der Waals surface area contributed by atoms with E-state index in [-0.39, 0.29) is 50.1 Å². The Morgan fingerprint density at radius 3 is 2.13 bits per heavy atom. The van der Waals surface area contributed by atoms with Crippen LogP contribution in [0.3, 0.4) is 0 Å². The molecule has 12 nitrogen and oxygen atoms in total. The molecule has 13 heteroatoms. The van der Waals surface area contributed by atoms with Gasteiger partial charge in [0.15, 0.2) is 6.10 Å². The molecule has 55 heavy (non-hydrogen) atoms. The molecule has 0 radical (unpaired) electrons. The third kappa shape index (κ3) is 27.4. The van der Waals surface area contributed by atoms with E-state index < -0.39 is 44.7 Å². The third-order valence-electron chi connectivity index (χ3n) is 9.85. The van der Waals surface area contributed by atoms with Crippen molar-refractivity contribution in [3.8, 4) is 0 Å². The number of likely N-dealkylation sites (N-methyl/N-ethyl adjacent to an activating group) is 1. The molecule has 1 rings (SSSR count). The van der Waals surface area contributed by atoms with Crippen LogP contribution in [-0.4, -0.2) is 103 Å². The number of carbonyl (C=O) groups excluding carboxylic acids is 3. The van der Waals surface area contributed by atoms with Crippen LogP contribution in [-0.2, 0) is 37.5 Å². The van der Waals surface area contributed by atoms with Crippen LogP contribution in [0.25, 0.3) is 0 Å². The van der Waals surface area contributed by atoms with Gasteiger partial charge in [0.05, 0.1) is 40.0 Å². The normalized spacial score (nSPS) is 19.9. The van der Waals surface area contributed by atoms with Crippen molar-refractivity contribution in [2.75, 3.05) is 47.5 Å². The molecule has 0 aromatic rings. The van der Waals surface area contributed by atoms with Crippen molar-refractivity contribution in [3.63, 3.8) is 0 Å². The van der Waals surface area contributed by atoms with Crippen molar-refractivity contribution in [1.82, 2.24) is 0 Å². The lowest BCUT2D eigenvalue weighted by Gasteiger charge is -2.24. The number of hydrogen-bond donors (Lipinski definition) is 3. The predicted molar refractivity (Wildman–Crippen MR) is 216 cm³/mol. The lowest BCUT2D eigenvalue weighted by molar-refractivity contribution is -0.870. The van der Waals surface area contributed by atoms with Gasteiger partial charge in [0.2, 0.25) is 0 Å². The quantitative estimate of drug-likeness (QED) is 0.0189. The van der Waals surface area contributed by atoms with Crippen LogP contribution in [0.4, 0.5) is 0 Å². The highest BCUT2D eigenvalue weighted by molar-refractivity contribution is 7.47. The van der Waals surface area contributed by atoms with Crippen LogP contribution in [0.5, 0.6) is 0 Å². The van der Waals surface area contributed by atoms with E-state index in [0.717, 1.165) is 70.6 Å². The van der Waals surface area contributed by atoms with Gasteiger partial charge in [0.1, 0.15) is 25.5 Å². The van der Waals surface area contributed by atoms with Crippen molar-refractivity contribution in [1.29, 1.82) is 0 Å². The monoisotopic (exact) mass is 803 g/mol. The van der Waals surface area contributed by atoms with Gasteiger partial charge in [-0.2, -0.15) is 0 Å². The fourth-order valence-corrected chi connectivity index (χ4v) is 7.16. The number of nitrogens with zero attached hydrogens (tertiary/aromatic N) is 1. The minimum atomic E-state index is -4.44. The summed E-state index contributed by atoms with van der Waals surface area (Å²) in [7, 11) is 1.32. The van der Waals surface area contributed by atoms with Crippen LogP contribution >= 0.6 is 7.82 Å². The Balaban J connectivity index is 2.52. The van der Waals surface area contributed by atoms with Gasteiger partial charge < -0.3 is 29.1 Å². The van der Waals surface area contributed by atoms with Crippen LogP contribution in [0, 0.1) is 11.8 Å². The smallest absolute Gasteiger partial charge is 0.462 e. The molecule has 0 heterocycles. The molecular weight excluding hydrogens is 725 g/mol. The van der Waals surface area contributed by atoms with E-state index in [1.54, 1.807) is 6.08 Å². The molecule has 1 unspecified atom stereocenters. The molecule has 0 aromatic heterocycles. The standard InChI is InChI=1S/C42H76NO11P/c1-6-8-10-11-12-13-14-15-16-17-22-26-41(47)51-33-36(34-53-55(49,50)52-31-30-43(3,4)5)54-42(48)27-23-19-18-21-25-37-38(40(46)32-39(37)45)29-28-35(44)24-20-9-7-2/h11-12,28-29,35-38,40,44,46H,6-10,13-27,30-34H2,1-5H3/p+1/b12-11-,29-28+/t35-,36+,37+,38+,40+/m0/s1. The summed E-state index contributed by atoms with van der Waals surface area (Å²) in [6, 6.07) is 0. The van der Waals surface area contributed by atoms with Crippen LogP contribution in [0.2, 0.25) is 0 Å². The van der Waals surface area contributed by atoms with Gasteiger partial charge in [-0.1, -0.05) is 109 Å².